The van der Waals surface area contributed by atoms with Gasteiger partial charge in [-0.15, -0.1) is 17.4 Å². The summed E-state index contributed by atoms with van der Waals surface area (Å²) in [5, 5.41) is 7.88. The van der Waals surface area contributed by atoms with Gasteiger partial charge < -0.3 is 4.74 Å². The van der Waals surface area contributed by atoms with E-state index in [0.29, 0.717) is 18.5 Å². The molecule has 3 aliphatic rings. The van der Waals surface area contributed by atoms with Gasteiger partial charge in [0.05, 0.1) is 36.7 Å². The maximum absolute atomic E-state index is 15.5. The number of hydrogen-bond donors (Lipinski definition) is 0. The van der Waals surface area contributed by atoms with Crippen molar-refractivity contribution in [2.24, 2.45) is 0 Å². The van der Waals surface area contributed by atoms with Crippen molar-refractivity contribution in [1.82, 2.24) is 19.9 Å². The SMILES string of the molecule is C#CCc1cn(C[C@H]2CN(C3(F)C=CC(C4=CCS(=O)(=O)CC4)=CC3)C(=O)O2)nn1. The monoisotopic (exact) mass is 432 g/mol. The minimum atomic E-state index is -3.02. The van der Waals surface area contributed by atoms with Crippen molar-refractivity contribution in [2.75, 3.05) is 18.1 Å². The lowest BCUT2D eigenvalue weighted by atomic mass is 9.93. The molecule has 158 valence electrons. The number of alkyl halides is 1. The Labute approximate surface area is 174 Å². The number of hydrogen-bond acceptors (Lipinski definition) is 6. The molecule has 0 N–H and O–H groups in total. The van der Waals surface area contributed by atoms with Crippen molar-refractivity contribution in [1.29, 1.82) is 0 Å². The van der Waals surface area contributed by atoms with Crippen LogP contribution in [0.2, 0.25) is 0 Å². The standard InChI is InChI=1S/C20H21FN4O4S/c1-2-3-17-12-24(23-22-17)13-18-14-25(19(26)29-18)20(21)8-4-15(5-9-20)16-6-10-30(27,28)11-7-16/h1,4-6,8,12,18H,3,7,9-11,13-14H2/t18-,20?/m0/s1. The minimum absolute atomic E-state index is 0.000244. The molecule has 4 rings (SSSR count). The Morgan fingerprint density at radius 1 is 1.40 bits per heavy atom. The fourth-order valence-electron chi connectivity index (χ4n) is 3.73. The van der Waals surface area contributed by atoms with Crippen LogP contribution in [0.25, 0.3) is 0 Å². The first-order valence-corrected chi connectivity index (χ1v) is 11.4. The van der Waals surface area contributed by atoms with Crippen LogP contribution in [-0.4, -0.2) is 64.4 Å². The van der Waals surface area contributed by atoms with Crippen LogP contribution in [-0.2, 0) is 27.5 Å². The van der Waals surface area contributed by atoms with Crippen molar-refractivity contribution in [3.05, 3.63) is 47.3 Å². The van der Waals surface area contributed by atoms with Crippen LogP contribution in [0.4, 0.5) is 9.18 Å². The molecule has 3 heterocycles. The quantitative estimate of drug-likeness (QED) is 0.518. The van der Waals surface area contributed by atoms with Gasteiger partial charge in [-0.05, 0) is 23.6 Å². The van der Waals surface area contributed by atoms with E-state index in [0.717, 1.165) is 16.0 Å². The Morgan fingerprint density at radius 2 is 2.23 bits per heavy atom. The van der Waals surface area contributed by atoms with Gasteiger partial charge >= 0.3 is 6.09 Å². The molecule has 0 spiro atoms. The first kappa shape index (κ1) is 20.3. The Hall–Kier alpha value is -2.93. The first-order chi connectivity index (χ1) is 14.3. The molecule has 30 heavy (non-hydrogen) atoms. The van der Waals surface area contributed by atoms with E-state index in [4.69, 9.17) is 11.2 Å². The number of rotatable bonds is 5. The summed E-state index contributed by atoms with van der Waals surface area (Å²) in [7, 11) is -3.02. The highest BCUT2D eigenvalue weighted by atomic mass is 32.2. The van der Waals surface area contributed by atoms with Crippen LogP contribution in [0.3, 0.4) is 0 Å². The lowest BCUT2D eigenvalue weighted by Gasteiger charge is -2.32. The fourth-order valence-corrected chi connectivity index (χ4v) is 4.88. The second-order valence-electron chi connectivity index (χ2n) is 7.54. The van der Waals surface area contributed by atoms with E-state index in [1.807, 2.05) is 0 Å². The molecule has 2 atom stereocenters. The molecule has 1 amide bonds. The van der Waals surface area contributed by atoms with E-state index in [9.17, 15) is 13.2 Å². The molecule has 1 saturated heterocycles. The minimum Gasteiger partial charge on any atom is -0.442 e. The molecular weight excluding hydrogens is 411 g/mol. The number of halogens is 1. The highest BCUT2D eigenvalue weighted by Crippen LogP contribution is 2.35. The molecule has 0 radical (unpaired) electrons. The molecule has 0 saturated carbocycles. The topological polar surface area (TPSA) is 94.4 Å². The normalized spacial score (nSPS) is 27.9. The Kier molecular flexibility index (Phi) is 5.24. The number of carbonyl (C=O) groups excluding carboxylic acids is 1. The fraction of sp³-hybridized carbons (Fsp3) is 0.450. The van der Waals surface area contributed by atoms with E-state index in [1.165, 1.54) is 10.8 Å². The molecule has 1 aromatic rings. The largest absolute Gasteiger partial charge is 0.442 e. The maximum Gasteiger partial charge on any atom is 0.413 e. The van der Waals surface area contributed by atoms with E-state index in [-0.39, 0.29) is 31.0 Å². The van der Waals surface area contributed by atoms with Gasteiger partial charge in [-0.2, -0.15) is 0 Å². The average molecular weight is 432 g/mol. The summed E-state index contributed by atoms with van der Waals surface area (Å²) in [4.78, 5) is 13.4. The van der Waals surface area contributed by atoms with Gasteiger partial charge in [-0.25, -0.2) is 22.3 Å². The van der Waals surface area contributed by atoms with Crippen molar-refractivity contribution in [3.63, 3.8) is 0 Å². The zero-order valence-electron chi connectivity index (χ0n) is 16.2. The molecule has 0 aromatic carbocycles. The summed E-state index contributed by atoms with van der Waals surface area (Å²) in [5.41, 5.74) is 2.32. The van der Waals surface area contributed by atoms with Crippen LogP contribution in [0, 0.1) is 12.3 Å². The number of allylic oxidation sites excluding steroid dienone is 3. The second kappa shape index (κ2) is 7.72. The van der Waals surface area contributed by atoms with Gasteiger partial charge in [0, 0.05) is 12.6 Å². The van der Waals surface area contributed by atoms with Crippen molar-refractivity contribution in [3.8, 4) is 12.3 Å². The van der Waals surface area contributed by atoms with Gasteiger partial charge in [-0.3, -0.25) is 4.90 Å². The molecular formula is C20H21FN4O4S. The summed E-state index contributed by atoms with van der Waals surface area (Å²) < 4.78 is 45.5. The zero-order chi connectivity index (χ0) is 21.4. The molecule has 1 fully saturated rings. The number of sulfone groups is 1. The van der Waals surface area contributed by atoms with Gasteiger partial charge in [0.1, 0.15) is 6.10 Å². The molecule has 1 unspecified atom stereocenters. The van der Waals surface area contributed by atoms with Gasteiger partial charge in [-0.1, -0.05) is 23.4 Å². The summed E-state index contributed by atoms with van der Waals surface area (Å²) in [6.45, 7) is 0.330. The average Bonchev–Trinajstić information content (AvgIpc) is 3.30. The number of cyclic esters (lactones) is 1. The summed E-state index contributed by atoms with van der Waals surface area (Å²) in [5.74, 6) is 0.579. The van der Waals surface area contributed by atoms with E-state index in [2.05, 4.69) is 16.2 Å². The molecule has 1 aromatic heterocycles. The lowest BCUT2D eigenvalue weighted by molar-refractivity contribution is 0.0480. The van der Waals surface area contributed by atoms with Gasteiger partial charge in [0.2, 0.25) is 5.79 Å². The summed E-state index contributed by atoms with van der Waals surface area (Å²) >= 11 is 0. The third-order valence-electron chi connectivity index (χ3n) is 5.35. The van der Waals surface area contributed by atoms with Crippen LogP contribution >= 0.6 is 0 Å². The highest BCUT2D eigenvalue weighted by molar-refractivity contribution is 7.91. The third-order valence-corrected chi connectivity index (χ3v) is 6.85. The Bertz CT molecular complexity index is 1100. The number of aromatic nitrogens is 3. The molecule has 10 heteroatoms. The number of ether oxygens (including phenoxy) is 1. The van der Waals surface area contributed by atoms with E-state index >= 15 is 4.39 Å². The van der Waals surface area contributed by atoms with E-state index < -0.39 is 27.8 Å². The Balaban J connectivity index is 1.40. The van der Waals surface area contributed by atoms with Gasteiger partial charge in [0.25, 0.3) is 0 Å². The number of nitrogens with zero attached hydrogens (tertiary/aromatic N) is 4. The molecule has 0 bridgehead atoms. The highest BCUT2D eigenvalue weighted by Gasteiger charge is 2.45. The summed E-state index contributed by atoms with van der Waals surface area (Å²) in [6.07, 6.45) is 12.7. The van der Waals surface area contributed by atoms with E-state index in [1.54, 1.807) is 24.4 Å². The molecule has 2 aliphatic heterocycles. The zero-order valence-corrected chi connectivity index (χ0v) is 17.0. The second-order valence-corrected chi connectivity index (χ2v) is 9.77. The maximum atomic E-state index is 15.5. The van der Waals surface area contributed by atoms with Crippen LogP contribution < -0.4 is 0 Å². The van der Waals surface area contributed by atoms with Crippen LogP contribution in [0.15, 0.2) is 41.6 Å². The predicted octanol–water partition coefficient (Wildman–Crippen LogP) is 1.57. The molecule has 8 nitrogen and oxygen atoms in total. The van der Waals surface area contributed by atoms with Crippen molar-refractivity contribution < 1.29 is 22.3 Å². The lowest BCUT2D eigenvalue weighted by Crippen LogP contribution is -2.45. The Morgan fingerprint density at radius 3 is 2.90 bits per heavy atom. The summed E-state index contributed by atoms with van der Waals surface area (Å²) in [6, 6.07) is 0. The third kappa shape index (κ3) is 4.16. The van der Waals surface area contributed by atoms with Crippen LogP contribution in [0.1, 0.15) is 18.5 Å². The number of carbonyl (C=O) groups is 1. The number of terminal acetylenes is 1. The van der Waals surface area contributed by atoms with Crippen LogP contribution in [0.5, 0.6) is 0 Å². The first-order valence-electron chi connectivity index (χ1n) is 9.57. The predicted molar refractivity (Wildman–Crippen MR) is 107 cm³/mol. The molecule has 1 aliphatic carbocycles. The van der Waals surface area contributed by atoms with Crippen molar-refractivity contribution in [2.45, 2.75) is 37.7 Å². The smallest absolute Gasteiger partial charge is 0.413 e. The number of amides is 1. The van der Waals surface area contributed by atoms with Gasteiger partial charge in [0.15, 0.2) is 9.84 Å². The van der Waals surface area contributed by atoms with Crippen molar-refractivity contribution >= 4 is 15.9 Å².